The van der Waals surface area contributed by atoms with Crippen molar-refractivity contribution in [3.05, 3.63) is 29.3 Å². The van der Waals surface area contributed by atoms with E-state index in [-0.39, 0.29) is 5.41 Å². The van der Waals surface area contributed by atoms with Crippen molar-refractivity contribution in [3.63, 3.8) is 0 Å². The molecule has 106 valence electrons. The Morgan fingerprint density at radius 1 is 1.10 bits per heavy atom. The average Bonchev–Trinajstić information content (AvgIpc) is 2.36. The van der Waals surface area contributed by atoms with Crippen LogP contribution >= 0.6 is 0 Å². The summed E-state index contributed by atoms with van der Waals surface area (Å²) in [5, 5.41) is 0. The first kappa shape index (κ1) is 12.4. The van der Waals surface area contributed by atoms with E-state index in [9.17, 15) is 4.79 Å². The molecule has 0 saturated heterocycles. The molecule has 4 saturated carbocycles. The molecule has 0 radical (unpaired) electrons. The van der Waals surface area contributed by atoms with E-state index in [1.807, 2.05) is 25.1 Å². The molecule has 0 amide bonds. The van der Waals surface area contributed by atoms with Gasteiger partial charge >= 0.3 is 0 Å². The van der Waals surface area contributed by atoms with Gasteiger partial charge in [-0.25, -0.2) is 0 Å². The lowest BCUT2D eigenvalue weighted by atomic mass is 9.48. The molecule has 0 heterocycles. The maximum atomic E-state index is 13.2. The smallest absolute Gasteiger partial charge is 0.169 e. The van der Waals surface area contributed by atoms with Gasteiger partial charge in [0.2, 0.25) is 0 Å². The Morgan fingerprint density at radius 2 is 1.65 bits per heavy atom. The number of nitrogens with two attached hydrogens (primary N) is 1. The number of aryl methyl sites for hydroxylation is 1. The van der Waals surface area contributed by atoms with Gasteiger partial charge in [-0.05, 0) is 87.0 Å². The van der Waals surface area contributed by atoms with Crippen LogP contribution in [0.1, 0.15) is 54.4 Å². The number of hydrogen-bond donors (Lipinski definition) is 1. The molecule has 4 aliphatic rings. The summed E-state index contributed by atoms with van der Waals surface area (Å²) in [6.07, 6.45) is 7.57. The van der Waals surface area contributed by atoms with Crippen LogP contribution in [0.2, 0.25) is 0 Å². The second-order valence-electron chi connectivity index (χ2n) is 7.60. The predicted octanol–water partition coefficient (Wildman–Crippen LogP) is 3.98. The first-order chi connectivity index (χ1) is 9.56. The zero-order valence-electron chi connectivity index (χ0n) is 12.2. The van der Waals surface area contributed by atoms with Gasteiger partial charge in [-0.2, -0.15) is 0 Å². The second kappa shape index (κ2) is 4.09. The Morgan fingerprint density at radius 3 is 2.15 bits per heavy atom. The summed E-state index contributed by atoms with van der Waals surface area (Å²) in [4.78, 5) is 13.2. The van der Waals surface area contributed by atoms with Crippen LogP contribution in [-0.2, 0) is 0 Å². The molecular weight excluding hydrogens is 246 g/mol. The number of benzene rings is 1. The van der Waals surface area contributed by atoms with Crippen LogP contribution in [0.15, 0.2) is 18.2 Å². The van der Waals surface area contributed by atoms with Crippen LogP contribution in [0.5, 0.6) is 0 Å². The summed E-state index contributed by atoms with van der Waals surface area (Å²) in [5.74, 6) is 2.87. The van der Waals surface area contributed by atoms with Gasteiger partial charge in [-0.15, -0.1) is 0 Å². The molecule has 1 aromatic carbocycles. The molecule has 20 heavy (non-hydrogen) atoms. The first-order valence-electron chi connectivity index (χ1n) is 7.97. The van der Waals surface area contributed by atoms with Crippen molar-refractivity contribution in [2.24, 2.45) is 23.2 Å². The van der Waals surface area contributed by atoms with E-state index in [2.05, 4.69) is 0 Å². The summed E-state index contributed by atoms with van der Waals surface area (Å²) in [6.45, 7) is 2.02. The van der Waals surface area contributed by atoms with Crippen LogP contribution in [0.25, 0.3) is 0 Å². The molecule has 2 nitrogen and oxygen atoms in total. The largest absolute Gasteiger partial charge is 0.399 e. The third-order valence-corrected chi connectivity index (χ3v) is 6.01. The normalized spacial score (nSPS) is 38.1. The molecule has 5 rings (SSSR count). The van der Waals surface area contributed by atoms with Crippen LogP contribution in [0, 0.1) is 30.1 Å². The highest BCUT2D eigenvalue weighted by Gasteiger charge is 2.54. The lowest BCUT2D eigenvalue weighted by Gasteiger charge is -2.56. The molecule has 2 heteroatoms. The number of ketones is 1. The quantitative estimate of drug-likeness (QED) is 0.652. The minimum atomic E-state index is -0.0321. The van der Waals surface area contributed by atoms with Gasteiger partial charge in [0.1, 0.15) is 0 Å². The molecule has 0 unspecified atom stereocenters. The maximum absolute atomic E-state index is 13.2. The molecule has 0 spiro atoms. The molecule has 0 atom stereocenters. The van der Waals surface area contributed by atoms with E-state index in [0.717, 1.165) is 53.8 Å². The third kappa shape index (κ3) is 1.73. The van der Waals surface area contributed by atoms with Gasteiger partial charge in [0.15, 0.2) is 5.78 Å². The molecular formula is C18H23NO. The number of anilines is 1. The highest BCUT2D eigenvalue weighted by molar-refractivity contribution is 6.02. The van der Waals surface area contributed by atoms with Crippen LogP contribution in [0.3, 0.4) is 0 Å². The van der Waals surface area contributed by atoms with E-state index in [1.54, 1.807) is 0 Å². The van der Waals surface area contributed by atoms with Crippen molar-refractivity contribution in [2.45, 2.75) is 45.4 Å². The standard InChI is InChI=1S/C18H23NO/c1-11-4-15(19)2-3-16(11)17(20)18-8-12-5-13(9-18)7-14(6-12)10-18/h2-4,12-14H,5-10,19H2,1H3. The topological polar surface area (TPSA) is 43.1 Å². The van der Waals surface area contributed by atoms with Gasteiger partial charge in [0.25, 0.3) is 0 Å². The zero-order chi connectivity index (χ0) is 13.9. The van der Waals surface area contributed by atoms with E-state index in [0.29, 0.717) is 5.78 Å². The summed E-state index contributed by atoms with van der Waals surface area (Å²) in [7, 11) is 0. The van der Waals surface area contributed by atoms with Crippen molar-refractivity contribution in [2.75, 3.05) is 5.73 Å². The minimum absolute atomic E-state index is 0.0321. The van der Waals surface area contributed by atoms with Gasteiger partial charge in [-0.3, -0.25) is 4.79 Å². The van der Waals surface area contributed by atoms with Crippen molar-refractivity contribution < 1.29 is 4.79 Å². The van der Waals surface area contributed by atoms with Crippen molar-refractivity contribution in [1.29, 1.82) is 0 Å². The van der Waals surface area contributed by atoms with E-state index in [1.165, 1.54) is 19.3 Å². The lowest BCUT2D eigenvalue weighted by molar-refractivity contribution is -0.0353. The summed E-state index contributed by atoms with van der Waals surface area (Å²) in [5.41, 5.74) is 8.51. The number of hydrogen-bond acceptors (Lipinski definition) is 2. The maximum Gasteiger partial charge on any atom is 0.169 e. The number of Topliss-reactive ketones (excluding diaryl/α,β-unsaturated/α-hetero) is 1. The van der Waals surface area contributed by atoms with Crippen molar-refractivity contribution in [3.8, 4) is 0 Å². The van der Waals surface area contributed by atoms with Crippen LogP contribution < -0.4 is 5.73 Å². The third-order valence-electron chi connectivity index (χ3n) is 6.01. The number of nitrogen functional groups attached to an aromatic ring is 1. The fourth-order valence-electron chi connectivity index (χ4n) is 5.62. The number of carbonyl (C=O) groups is 1. The Kier molecular flexibility index (Phi) is 2.55. The minimum Gasteiger partial charge on any atom is -0.399 e. The predicted molar refractivity (Wildman–Crippen MR) is 80.5 cm³/mol. The zero-order valence-corrected chi connectivity index (χ0v) is 12.2. The van der Waals surface area contributed by atoms with Gasteiger partial charge in [0.05, 0.1) is 0 Å². The molecule has 2 N–H and O–H groups in total. The van der Waals surface area contributed by atoms with Gasteiger partial charge in [0, 0.05) is 16.7 Å². The Labute approximate surface area is 120 Å². The highest BCUT2D eigenvalue weighted by Crippen LogP contribution is 2.61. The van der Waals surface area contributed by atoms with Crippen molar-refractivity contribution in [1.82, 2.24) is 0 Å². The Bertz CT molecular complexity index is 539. The Balaban J connectivity index is 1.71. The summed E-state index contributed by atoms with van der Waals surface area (Å²) >= 11 is 0. The highest BCUT2D eigenvalue weighted by atomic mass is 16.1. The molecule has 4 fully saturated rings. The Hall–Kier alpha value is -1.31. The van der Waals surface area contributed by atoms with Gasteiger partial charge < -0.3 is 5.73 Å². The molecule has 1 aromatic rings. The number of carbonyl (C=O) groups excluding carboxylic acids is 1. The number of rotatable bonds is 2. The van der Waals surface area contributed by atoms with E-state index < -0.39 is 0 Å². The molecule has 0 aliphatic heterocycles. The lowest BCUT2D eigenvalue weighted by Crippen LogP contribution is -2.50. The fraction of sp³-hybridized carbons (Fsp3) is 0.611. The fourth-order valence-corrected chi connectivity index (χ4v) is 5.62. The first-order valence-corrected chi connectivity index (χ1v) is 7.97. The second-order valence-corrected chi connectivity index (χ2v) is 7.60. The van der Waals surface area contributed by atoms with Crippen LogP contribution in [-0.4, -0.2) is 5.78 Å². The SMILES string of the molecule is Cc1cc(N)ccc1C(=O)C12CC3CC(CC(C3)C1)C2. The van der Waals surface area contributed by atoms with Crippen LogP contribution in [0.4, 0.5) is 5.69 Å². The van der Waals surface area contributed by atoms with E-state index in [4.69, 9.17) is 5.73 Å². The summed E-state index contributed by atoms with van der Waals surface area (Å²) in [6, 6.07) is 5.76. The average molecular weight is 269 g/mol. The van der Waals surface area contributed by atoms with Gasteiger partial charge in [-0.1, -0.05) is 0 Å². The molecule has 4 aliphatic carbocycles. The molecule has 0 aromatic heterocycles. The van der Waals surface area contributed by atoms with E-state index >= 15 is 0 Å². The monoisotopic (exact) mass is 269 g/mol. The van der Waals surface area contributed by atoms with Crippen molar-refractivity contribution >= 4 is 11.5 Å². The summed E-state index contributed by atoms with van der Waals surface area (Å²) < 4.78 is 0. The molecule has 4 bridgehead atoms.